The van der Waals surface area contributed by atoms with Crippen LogP contribution >= 0.6 is 0 Å². The molecular weight excluding hydrogens is 372 g/mol. The van der Waals surface area contributed by atoms with E-state index in [1.54, 1.807) is 0 Å². The van der Waals surface area contributed by atoms with E-state index in [1.165, 1.54) is 64.2 Å². The molecule has 1 saturated carbocycles. The summed E-state index contributed by atoms with van der Waals surface area (Å²) in [7, 11) is 0. The molecule has 8 unspecified atom stereocenters. The summed E-state index contributed by atoms with van der Waals surface area (Å²) in [6, 6.07) is 0. The van der Waals surface area contributed by atoms with Gasteiger partial charge in [-0.05, 0) is 72.0 Å². The molecule has 0 aromatic rings. The predicted molar refractivity (Wildman–Crippen MR) is 145 cm³/mol. The fraction of sp³-hybridized carbons (Fsp3) is 1.00. The van der Waals surface area contributed by atoms with Crippen LogP contribution in [0.15, 0.2) is 0 Å². The summed E-state index contributed by atoms with van der Waals surface area (Å²) in [6.07, 6.45) is 14.2. The molecule has 0 N–H and O–H groups in total. The van der Waals surface area contributed by atoms with Gasteiger partial charge in [-0.25, -0.2) is 0 Å². The first kappa shape index (κ1) is 31.0. The van der Waals surface area contributed by atoms with E-state index >= 15 is 0 Å². The van der Waals surface area contributed by atoms with E-state index in [-0.39, 0.29) is 0 Å². The molecule has 1 fully saturated rings. The van der Waals surface area contributed by atoms with Crippen LogP contribution < -0.4 is 0 Å². The summed E-state index contributed by atoms with van der Waals surface area (Å²) in [5, 5.41) is 0. The minimum absolute atomic E-state index is 0.432. The molecule has 0 heterocycles. The van der Waals surface area contributed by atoms with Gasteiger partial charge in [0, 0.05) is 0 Å². The Morgan fingerprint density at radius 3 is 1.55 bits per heavy atom. The Balaban J connectivity index is 0.00000199. The van der Waals surface area contributed by atoms with Crippen molar-refractivity contribution in [3.05, 3.63) is 0 Å². The number of rotatable bonds is 14. The Kier molecular flexibility index (Phi) is 15.8. The molecule has 0 spiro atoms. The third kappa shape index (κ3) is 12.1. The fourth-order valence-electron chi connectivity index (χ4n) is 5.86. The topological polar surface area (TPSA) is 0 Å². The summed E-state index contributed by atoms with van der Waals surface area (Å²) < 4.78 is 0. The van der Waals surface area contributed by atoms with Gasteiger partial charge >= 0.3 is 0 Å². The molecule has 8 atom stereocenters. The van der Waals surface area contributed by atoms with Gasteiger partial charge in [0.15, 0.2) is 0 Å². The first-order valence-electron chi connectivity index (χ1n) is 14.4. The quantitative estimate of drug-likeness (QED) is 0.254. The van der Waals surface area contributed by atoms with Gasteiger partial charge in [-0.15, -0.1) is 0 Å². The first-order valence-corrected chi connectivity index (χ1v) is 14.4. The van der Waals surface area contributed by atoms with Crippen LogP contribution in [0.3, 0.4) is 0 Å². The highest BCUT2D eigenvalue weighted by Crippen LogP contribution is 2.43. The van der Waals surface area contributed by atoms with Gasteiger partial charge in [0.25, 0.3) is 0 Å². The van der Waals surface area contributed by atoms with E-state index in [0.29, 0.717) is 5.41 Å². The van der Waals surface area contributed by atoms with E-state index in [0.717, 1.165) is 47.3 Å². The van der Waals surface area contributed by atoms with Crippen LogP contribution in [-0.2, 0) is 0 Å². The lowest BCUT2D eigenvalue weighted by atomic mass is 9.64. The standard InChI is InChI=1S/C27H56.C4H8/c1-13-15-22(6)23(7)17-19(3)16-20(4)18-27(11,12)26(10)25(9)24(8)21(5)14-2;1-2-4-3-1/h19-26H,13-18H2,1-12H3;1-4H2. The lowest BCUT2D eigenvalue weighted by Crippen LogP contribution is -2.33. The van der Waals surface area contributed by atoms with Crippen molar-refractivity contribution < 1.29 is 0 Å². The molecule has 0 bridgehead atoms. The Bertz CT molecular complexity index is 414. The predicted octanol–water partition coefficient (Wildman–Crippen LogP) is 11.0. The van der Waals surface area contributed by atoms with Crippen molar-refractivity contribution in [1.29, 1.82) is 0 Å². The van der Waals surface area contributed by atoms with E-state index in [4.69, 9.17) is 0 Å². The van der Waals surface area contributed by atoms with Crippen LogP contribution in [0.25, 0.3) is 0 Å². The first-order chi connectivity index (χ1) is 14.4. The van der Waals surface area contributed by atoms with Crippen LogP contribution in [0.5, 0.6) is 0 Å². The molecule has 0 heteroatoms. The molecule has 0 aromatic carbocycles. The second-order valence-electron chi connectivity index (χ2n) is 12.9. The fourth-order valence-corrected chi connectivity index (χ4v) is 5.86. The average molecular weight is 437 g/mol. The second-order valence-corrected chi connectivity index (χ2v) is 12.9. The molecule has 0 nitrogen and oxygen atoms in total. The monoisotopic (exact) mass is 437 g/mol. The highest BCUT2D eigenvalue weighted by molar-refractivity contribution is 4.84. The molecule has 0 saturated heterocycles. The molecule has 31 heavy (non-hydrogen) atoms. The minimum atomic E-state index is 0.432. The summed E-state index contributed by atoms with van der Waals surface area (Å²) in [4.78, 5) is 0. The second kappa shape index (κ2) is 15.8. The van der Waals surface area contributed by atoms with Crippen molar-refractivity contribution in [2.75, 3.05) is 0 Å². The molecule has 0 radical (unpaired) electrons. The van der Waals surface area contributed by atoms with Crippen LogP contribution in [0, 0.1) is 52.8 Å². The maximum atomic E-state index is 2.53. The molecule has 1 aliphatic rings. The van der Waals surface area contributed by atoms with Gasteiger partial charge in [0.1, 0.15) is 0 Å². The van der Waals surface area contributed by atoms with Crippen LogP contribution in [0.2, 0.25) is 0 Å². The highest BCUT2D eigenvalue weighted by atomic mass is 14.4. The summed E-state index contributed by atoms with van der Waals surface area (Å²) in [5.74, 6) is 6.68. The third-order valence-electron chi connectivity index (χ3n) is 9.56. The van der Waals surface area contributed by atoms with E-state index in [2.05, 4.69) is 83.1 Å². The van der Waals surface area contributed by atoms with Crippen LogP contribution in [0.1, 0.15) is 147 Å². The smallest absolute Gasteiger partial charge is 0.0323 e. The lowest BCUT2D eigenvalue weighted by molar-refractivity contribution is 0.0793. The summed E-state index contributed by atoms with van der Waals surface area (Å²) >= 11 is 0. The van der Waals surface area contributed by atoms with Gasteiger partial charge in [0.05, 0.1) is 0 Å². The van der Waals surface area contributed by atoms with Gasteiger partial charge in [-0.2, -0.15) is 0 Å². The Morgan fingerprint density at radius 2 is 1.13 bits per heavy atom. The zero-order valence-electron chi connectivity index (χ0n) is 24.2. The number of hydrogen-bond acceptors (Lipinski definition) is 0. The molecule has 1 aliphatic carbocycles. The Morgan fingerprint density at radius 1 is 0.613 bits per heavy atom. The van der Waals surface area contributed by atoms with Crippen molar-refractivity contribution in [3.63, 3.8) is 0 Å². The molecule has 188 valence electrons. The van der Waals surface area contributed by atoms with Crippen molar-refractivity contribution in [1.82, 2.24) is 0 Å². The normalized spacial score (nSPS) is 22.1. The van der Waals surface area contributed by atoms with Crippen molar-refractivity contribution >= 4 is 0 Å². The highest BCUT2D eigenvalue weighted by Gasteiger charge is 2.35. The molecule has 0 aliphatic heterocycles. The van der Waals surface area contributed by atoms with Gasteiger partial charge in [0.2, 0.25) is 0 Å². The molecule has 1 rings (SSSR count). The SMILES string of the molecule is C1CCC1.CCCC(C)C(C)CC(C)CC(C)CC(C)(C)C(C)C(C)C(C)C(C)CC. The maximum Gasteiger partial charge on any atom is -0.0323 e. The van der Waals surface area contributed by atoms with E-state index in [9.17, 15) is 0 Å². The van der Waals surface area contributed by atoms with Crippen molar-refractivity contribution in [2.24, 2.45) is 52.8 Å². The largest absolute Gasteiger partial charge is 0.0654 e. The molecular formula is C31H64. The summed E-state index contributed by atoms with van der Waals surface area (Å²) in [6.45, 7) is 29.6. The van der Waals surface area contributed by atoms with Gasteiger partial charge in [-0.1, -0.05) is 128 Å². The van der Waals surface area contributed by atoms with Gasteiger partial charge in [-0.3, -0.25) is 0 Å². The summed E-state index contributed by atoms with van der Waals surface area (Å²) in [5.41, 5.74) is 0.432. The molecule has 0 aromatic heterocycles. The van der Waals surface area contributed by atoms with E-state index < -0.39 is 0 Å². The van der Waals surface area contributed by atoms with Gasteiger partial charge < -0.3 is 0 Å². The lowest BCUT2D eigenvalue weighted by Gasteiger charge is -2.41. The van der Waals surface area contributed by atoms with Crippen LogP contribution in [-0.4, -0.2) is 0 Å². The Hall–Kier alpha value is 0. The Labute approximate surface area is 200 Å². The molecule has 0 amide bonds. The third-order valence-corrected chi connectivity index (χ3v) is 9.56. The van der Waals surface area contributed by atoms with E-state index in [1.807, 2.05) is 0 Å². The maximum absolute atomic E-state index is 2.53. The van der Waals surface area contributed by atoms with Crippen molar-refractivity contribution in [3.8, 4) is 0 Å². The van der Waals surface area contributed by atoms with Crippen molar-refractivity contribution in [2.45, 2.75) is 147 Å². The average Bonchev–Trinajstić information content (AvgIpc) is 2.63. The number of hydrogen-bond donors (Lipinski definition) is 0. The minimum Gasteiger partial charge on any atom is -0.0654 e. The van der Waals surface area contributed by atoms with Crippen LogP contribution in [0.4, 0.5) is 0 Å². The zero-order valence-corrected chi connectivity index (χ0v) is 24.2. The zero-order chi connectivity index (χ0) is 24.2.